The predicted molar refractivity (Wildman–Crippen MR) is 69.3 cm³/mol. The highest BCUT2D eigenvalue weighted by molar-refractivity contribution is 5.49. The molecule has 0 aliphatic carbocycles. The summed E-state index contributed by atoms with van der Waals surface area (Å²) in [6, 6.07) is 0. The fraction of sp³-hybridized carbons (Fsp3) is 0.143. The van der Waals surface area contributed by atoms with Crippen molar-refractivity contribution in [1.82, 2.24) is 0 Å². The molecule has 0 atom stereocenters. The fourth-order valence-electron chi connectivity index (χ4n) is 1.13. The third kappa shape index (κ3) is 4.87. The normalized spacial score (nSPS) is 14.4. The first kappa shape index (κ1) is 13.2. The van der Waals surface area contributed by atoms with E-state index in [-0.39, 0.29) is 0 Å². The van der Waals surface area contributed by atoms with Crippen molar-refractivity contribution in [3.8, 4) is 0 Å². The predicted octanol–water partition coefficient (Wildman–Crippen LogP) is 3.65. The molecule has 0 heterocycles. The molecule has 0 aliphatic rings. The smallest absolute Gasteiger partial charge is 0.0314 e. The van der Waals surface area contributed by atoms with Crippen LogP contribution in [0.25, 0.3) is 0 Å². The summed E-state index contributed by atoms with van der Waals surface area (Å²) in [5.41, 5.74) is 8.50. The molecule has 0 saturated heterocycles. The third-order valence-corrected chi connectivity index (χ3v) is 1.85. The molecule has 0 rings (SSSR count). The van der Waals surface area contributed by atoms with Crippen LogP contribution in [0.3, 0.4) is 0 Å². The molecule has 0 radical (unpaired) electrons. The summed E-state index contributed by atoms with van der Waals surface area (Å²) in [6.07, 6.45) is 13.2. The Balaban J connectivity index is 5.19. The van der Waals surface area contributed by atoms with Gasteiger partial charge in [-0.25, -0.2) is 0 Å². The minimum atomic E-state index is 0.655. The van der Waals surface area contributed by atoms with Crippen molar-refractivity contribution in [3.63, 3.8) is 0 Å². The monoisotopic (exact) mass is 201 g/mol. The van der Waals surface area contributed by atoms with Gasteiger partial charge in [-0.05, 0) is 37.1 Å². The standard InChI is InChI=1S/C14H19N/c1-5-9-13(10-6-2)12(7-3)11-14(15)8-4/h5-11H,1,4,15H2,2-3H3/b10-6-,12-7+,13-9+,14-11+. The van der Waals surface area contributed by atoms with Gasteiger partial charge >= 0.3 is 0 Å². The van der Waals surface area contributed by atoms with E-state index in [2.05, 4.69) is 13.2 Å². The average Bonchev–Trinajstić information content (AvgIpc) is 2.25. The minimum absolute atomic E-state index is 0.655. The largest absolute Gasteiger partial charge is 0.399 e. The Kier molecular flexibility index (Phi) is 6.73. The second-order valence-corrected chi connectivity index (χ2v) is 2.95. The van der Waals surface area contributed by atoms with Crippen LogP contribution in [-0.4, -0.2) is 0 Å². The first-order valence-electron chi connectivity index (χ1n) is 4.91. The molecule has 0 amide bonds. The average molecular weight is 201 g/mol. The van der Waals surface area contributed by atoms with E-state index in [1.54, 1.807) is 12.2 Å². The highest BCUT2D eigenvalue weighted by atomic mass is 14.5. The van der Waals surface area contributed by atoms with Crippen LogP contribution in [0.4, 0.5) is 0 Å². The maximum absolute atomic E-state index is 5.70. The third-order valence-electron chi connectivity index (χ3n) is 1.85. The maximum atomic E-state index is 5.70. The van der Waals surface area contributed by atoms with E-state index in [0.717, 1.165) is 11.1 Å². The van der Waals surface area contributed by atoms with E-state index in [1.165, 1.54) is 0 Å². The van der Waals surface area contributed by atoms with E-state index in [9.17, 15) is 0 Å². The first-order chi connectivity index (χ1) is 7.19. The van der Waals surface area contributed by atoms with E-state index in [0.29, 0.717) is 5.70 Å². The lowest BCUT2D eigenvalue weighted by Gasteiger charge is -2.03. The summed E-state index contributed by atoms with van der Waals surface area (Å²) in [7, 11) is 0. The van der Waals surface area contributed by atoms with E-state index in [4.69, 9.17) is 5.73 Å². The van der Waals surface area contributed by atoms with Gasteiger partial charge in [-0.1, -0.05) is 43.5 Å². The molecule has 0 bridgehead atoms. The van der Waals surface area contributed by atoms with Gasteiger partial charge in [0.25, 0.3) is 0 Å². The number of hydrogen-bond acceptors (Lipinski definition) is 1. The lowest BCUT2D eigenvalue weighted by molar-refractivity contribution is 1.38. The molecule has 1 nitrogen and oxygen atoms in total. The van der Waals surface area contributed by atoms with Crippen molar-refractivity contribution < 1.29 is 0 Å². The molecule has 1 heteroatoms. The van der Waals surface area contributed by atoms with Gasteiger partial charge in [0.15, 0.2) is 0 Å². The lowest BCUT2D eigenvalue weighted by Crippen LogP contribution is -1.94. The van der Waals surface area contributed by atoms with Crippen molar-refractivity contribution in [2.24, 2.45) is 5.73 Å². The summed E-state index contributed by atoms with van der Waals surface area (Å²) in [5.74, 6) is 0. The molecule has 0 spiro atoms. The molecule has 2 N–H and O–H groups in total. The summed E-state index contributed by atoms with van der Waals surface area (Å²) in [5, 5.41) is 0. The minimum Gasteiger partial charge on any atom is -0.399 e. The van der Waals surface area contributed by atoms with Gasteiger partial charge in [-0.3, -0.25) is 0 Å². The van der Waals surface area contributed by atoms with Crippen molar-refractivity contribution in [2.45, 2.75) is 13.8 Å². The molecular weight excluding hydrogens is 182 g/mol. The zero-order chi connectivity index (χ0) is 11.7. The Hall–Kier alpha value is -1.76. The molecule has 0 aromatic rings. The van der Waals surface area contributed by atoms with Crippen LogP contribution in [-0.2, 0) is 0 Å². The number of rotatable bonds is 5. The molecule has 0 aromatic carbocycles. The van der Waals surface area contributed by atoms with Crippen molar-refractivity contribution in [3.05, 3.63) is 72.5 Å². The van der Waals surface area contributed by atoms with Gasteiger partial charge in [-0.2, -0.15) is 0 Å². The van der Waals surface area contributed by atoms with Gasteiger partial charge in [0.1, 0.15) is 0 Å². The van der Waals surface area contributed by atoms with Crippen LogP contribution in [0.1, 0.15) is 13.8 Å². The second-order valence-electron chi connectivity index (χ2n) is 2.95. The van der Waals surface area contributed by atoms with Gasteiger partial charge in [-0.15, -0.1) is 0 Å². The second kappa shape index (κ2) is 7.63. The summed E-state index contributed by atoms with van der Waals surface area (Å²) >= 11 is 0. The lowest BCUT2D eigenvalue weighted by atomic mass is 10.0. The SMILES string of the molecule is C=C/C=C(\C=C/C)C(/C=C(/N)C=C)=C/C. The zero-order valence-electron chi connectivity index (χ0n) is 9.53. The van der Waals surface area contributed by atoms with Crippen LogP contribution in [0, 0.1) is 0 Å². The molecule has 0 saturated carbocycles. The van der Waals surface area contributed by atoms with Crippen LogP contribution in [0.5, 0.6) is 0 Å². The van der Waals surface area contributed by atoms with Crippen LogP contribution >= 0.6 is 0 Å². The van der Waals surface area contributed by atoms with Crippen LogP contribution < -0.4 is 5.73 Å². The van der Waals surface area contributed by atoms with Crippen LogP contribution in [0.2, 0.25) is 0 Å². The molecular formula is C14H19N. The van der Waals surface area contributed by atoms with Gasteiger partial charge in [0, 0.05) is 5.70 Å². The van der Waals surface area contributed by atoms with E-state index >= 15 is 0 Å². The molecule has 0 aliphatic heterocycles. The summed E-state index contributed by atoms with van der Waals surface area (Å²) < 4.78 is 0. The molecule has 80 valence electrons. The van der Waals surface area contributed by atoms with Crippen molar-refractivity contribution in [2.75, 3.05) is 0 Å². The maximum Gasteiger partial charge on any atom is 0.0314 e. The van der Waals surface area contributed by atoms with Gasteiger partial charge in [0.05, 0.1) is 0 Å². The molecule has 15 heavy (non-hydrogen) atoms. The number of allylic oxidation sites excluding steroid dienone is 9. The summed E-state index contributed by atoms with van der Waals surface area (Å²) in [6.45, 7) is 11.3. The van der Waals surface area contributed by atoms with Crippen molar-refractivity contribution in [1.29, 1.82) is 0 Å². The quantitative estimate of drug-likeness (QED) is 0.675. The zero-order valence-corrected chi connectivity index (χ0v) is 9.53. The Morgan fingerprint density at radius 3 is 2.20 bits per heavy atom. The Labute approximate surface area is 92.7 Å². The first-order valence-corrected chi connectivity index (χ1v) is 4.91. The number of hydrogen-bond donors (Lipinski definition) is 1. The summed E-state index contributed by atoms with van der Waals surface area (Å²) in [4.78, 5) is 0. The fourth-order valence-corrected chi connectivity index (χ4v) is 1.13. The molecule has 0 aromatic heterocycles. The number of nitrogens with two attached hydrogens (primary N) is 1. The molecule has 0 unspecified atom stereocenters. The van der Waals surface area contributed by atoms with Crippen LogP contribution in [0.15, 0.2) is 72.5 Å². The molecule has 0 fully saturated rings. The Morgan fingerprint density at radius 2 is 1.80 bits per heavy atom. The van der Waals surface area contributed by atoms with Gasteiger partial charge < -0.3 is 5.73 Å². The Bertz CT molecular complexity index is 338. The highest BCUT2D eigenvalue weighted by Crippen LogP contribution is 2.14. The topological polar surface area (TPSA) is 26.0 Å². The Morgan fingerprint density at radius 1 is 1.13 bits per heavy atom. The van der Waals surface area contributed by atoms with Crippen molar-refractivity contribution >= 4 is 0 Å². The highest BCUT2D eigenvalue weighted by Gasteiger charge is 1.96. The van der Waals surface area contributed by atoms with Gasteiger partial charge in [0.2, 0.25) is 0 Å². The van der Waals surface area contributed by atoms with E-state index < -0.39 is 0 Å². The van der Waals surface area contributed by atoms with E-state index in [1.807, 2.05) is 44.2 Å².